The van der Waals surface area contributed by atoms with Crippen LogP contribution in [0.5, 0.6) is 0 Å². The molecule has 0 saturated carbocycles. The molecule has 3 heterocycles. The normalized spacial score (nSPS) is 23.8. The molecule has 1 fully saturated rings. The van der Waals surface area contributed by atoms with E-state index in [0.29, 0.717) is 11.1 Å². The molecule has 4 nitrogen and oxygen atoms in total. The summed E-state index contributed by atoms with van der Waals surface area (Å²) >= 11 is 5.81. The van der Waals surface area contributed by atoms with Gasteiger partial charge in [-0.2, -0.15) is 4.98 Å². The van der Waals surface area contributed by atoms with E-state index in [9.17, 15) is 4.79 Å². The Bertz CT molecular complexity index is 456. The Kier molecular flexibility index (Phi) is 1.99. The van der Waals surface area contributed by atoms with E-state index in [2.05, 4.69) is 9.88 Å². The topological polar surface area (TPSA) is 38.1 Å². The maximum Gasteiger partial charge on any atom is 0.350 e. The second kappa shape index (κ2) is 3.23. The largest absolute Gasteiger partial charge is 0.357 e. The third-order valence-corrected chi connectivity index (χ3v) is 3.44. The Hall–Kier alpha value is -1.03. The molecule has 80 valence electrons. The molecule has 1 saturated heterocycles. The highest BCUT2D eigenvalue weighted by atomic mass is 35.5. The average molecular weight is 226 g/mol. The molecule has 2 aliphatic rings. The van der Waals surface area contributed by atoms with E-state index in [-0.39, 0.29) is 5.69 Å². The molecule has 5 heteroatoms. The van der Waals surface area contributed by atoms with Crippen molar-refractivity contribution in [2.45, 2.75) is 19.4 Å². The lowest BCUT2D eigenvalue weighted by atomic mass is 9.96. The van der Waals surface area contributed by atoms with Crippen molar-refractivity contribution in [3.8, 4) is 0 Å². The third-order valence-electron chi connectivity index (χ3n) is 3.24. The molecule has 0 amide bonds. The van der Waals surface area contributed by atoms with Crippen LogP contribution in [0.1, 0.15) is 12.8 Å². The number of halogens is 1. The van der Waals surface area contributed by atoms with Gasteiger partial charge in [0.15, 0.2) is 0 Å². The van der Waals surface area contributed by atoms with Crippen LogP contribution in [0.25, 0.3) is 0 Å². The number of aromatic nitrogens is 2. The summed E-state index contributed by atoms with van der Waals surface area (Å²) in [5, 5.41) is 0.301. The van der Waals surface area contributed by atoms with E-state index in [0.717, 1.165) is 25.5 Å². The van der Waals surface area contributed by atoms with Crippen LogP contribution in [0, 0.1) is 5.92 Å². The fourth-order valence-corrected chi connectivity index (χ4v) is 2.75. The van der Waals surface area contributed by atoms with Crippen LogP contribution >= 0.6 is 11.6 Å². The Labute approximate surface area is 92.5 Å². The molecule has 2 aliphatic heterocycles. The molecule has 3 rings (SSSR count). The van der Waals surface area contributed by atoms with Gasteiger partial charge in [0.1, 0.15) is 11.0 Å². The molecule has 2 bridgehead atoms. The minimum atomic E-state index is -0.214. The first kappa shape index (κ1) is 9.21. The Morgan fingerprint density at radius 1 is 1.47 bits per heavy atom. The quantitative estimate of drug-likeness (QED) is 0.622. The molecule has 1 unspecified atom stereocenters. The SMILES string of the molecule is O=c1nc(Cl)cc2n1CC1CCCN2C1. The number of piperidine rings is 1. The van der Waals surface area contributed by atoms with Gasteiger partial charge < -0.3 is 4.90 Å². The Morgan fingerprint density at radius 2 is 2.33 bits per heavy atom. The summed E-state index contributed by atoms with van der Waals surface area (Å²) in [5.41, 5.74) is -0.214. The van der Waals surface area contributed by atoms with Crippen LogP contribution < -0.4 is 10.6 Å². The van der Waals surface area contributed by atoms with Gasteiger partial charge in [0.2, 0.25) is 0 Å². The zero-order valence-corrected chi connectivity index (χ0v) is 9.07. The second-order valence-corrected chi connectivity index (χ2v) is 4.67. The highest BCUT2D eigenvalue weighted by molar-refractivity contribution is 6.29. The lowest BCUT2D eigenvalue weighted by Gasteiger charge is -2.40. The van der Waals surface area contributed by atoms with Gasteiger partial charge in [-0.15, -0.1) is 0 Å². The summed E-state index contributed by atoms with van der Waals surface area (Å²) in [6, 6.07) is 1.80. The molecular formula is C10H12ClN3O. The number of rotatable bonds is 0. The summed E-state index contributed by atoms with van der Waals surface area (Å²) in [4.78, 5) is 17.7. The van der Waals surface area contributed by atoms with Crippen LogP contribution in [0.4, 0.5) is 5.82 Å². The van der Waals surface area contributed by atoms with Gasteiger partial charge in [0.25, 0.3) is 0 Å². The molecule has 15 heavy (non-hydrogen) atoms. The number of fused-ring (bicyclic) bond motifs is 4. The van der Waals surface area contributed by atoms with Gasteiger partial charge in [-0.3, -0.25) is 4.57 Å². The number of anilines is 1. The summed E-state index contributed by atoms with van der Waals surface area (Å²) < 4.78 is 1.75. The van der Waals surface area contributed by atoms with Crippen LogP contribution in [0.3, 0.4) is 0 Å². The van der Waals surface area contributed by atoms with Gasteiger partial charge in [0.05, 0.1) is 0 Å². The van der Waals surface area contributed by atoms with Gasteiger partial charge in [-0.25, -0.2) is 4.79 Å². The van der Waals surface area contributed by atoms with Crippen molar-refractivity contribution in [1.82, 2.24) is 9.55 Å². The van der Waals surface area contributed by atoms with E-state index < -0.39 is 0 Å². The van der Waals surface area contributed by atoms with E-state index >= 15 is 0 Å². The van der Waals surface area contributed by atoms with E-state index in [1.54, 1.807) is 10.6 Å². The van der Waals surface area contributed by atoms with Crippen molar-refractivity contribution in [3.05, 3.63) is 21.7 Å². The van der Waals surface area contributed by atoms with Crippen LogP contribution in [-0.2, 0) is 6.54 Å². The predicted molar refractivity (Wildman–Crippen MR) is 58.4 cm³/mol. The highest BCUT2D eigenvalue weighted by Crippen LogP contribution is 2.29. The van der Waals surface area contributed by atoms with Crippen molar-refractivity contribution in [1.29, 1.82) is 0 Å². The Morgan fingerprint density at radius 3 is 3.20 bits per heavy atom. The first-order chi connectivity index (χ1) is 7.24. The molecule has 1 atom stereocenters. The molecule has 0 spiro atoms. The van der Waals surface area contributed by atoms with Crippen LogP contribution in [0.2, 0.25) is 5.15 Å². The van der Waals surface area contributed by atoms with Crippen LogP contribution in [-0.4, -0.2) is 22.6 Å². The van der Waals surface area contributed by atoms with E-state index in [1.165, 1.54) is 12.8 Å². The minimum absolute atomic E-state index is 0.214. The van der Waals surface area contributed by atoms with Gasteiger partial charge in [-0.05, 0) is 18.8 Å². The summed E-state index contributed by atoms with van der Waals surface area (Å²) in [7, 11) is 0. The van der Waals surface area contributed by atoms with Crippen molar-refractivity contribution >= 4 is 17.4 Å². The molecule has 1 aromatic heterocycles. The minimum Gasteiger partial charge on any atom is -0.357 e. The van der Waals surface area contributed by atoms with E-state index in [4.69, 9.17) is 11.6 Å². The molecule has 0 N–H and O–H groups in total. The van der Waals surface area contributed by atoms with E-state index in [1.807, 2.05) is 0 Å². The smallest absolute Gasteiger partial charge is 0.350 e. The van der Waals surface area contributed by atoms with Gasteiger partial charge >= 0.3 is 5.69 Å². The fraction of sp³-hybridized carbons (Fsp3) is 0.600. The molecular weight excluding hydrogens is 214 g/mol. The van der Waals surface area contributed by atoms with Crippen molar-refractivity contribution < 1.29 is 0 Å². The average Bonchev–Trinajstić information content (AvgIpc) is 2.21. The van der Waals surface area contributed by atoms with Crippen molar-refractivity contribution in [2.75, 3.05) is 18.0 Å². The zero-order chi connectivity index (χ0) is 10.4. The van der Waals surface area contributed by atoms with Crippen molar-refractivity contribution in [3.63, 3.8) is 0 Å². The first-order valence-electron chi connectivity index (χ1n) is 5.26. The highest BCUT2D eigenvalue weighted by Gasteiger charge is 2.28. The van der Waals surface area contributed by atoms with Crippen molar-refractivity contribution in [2.24, 2.45) is 5.92 Å². The summed E-state index contributed by atoms with van der Waals surface area (Å²) in [5.74, 6) is 1.54. The third kappa shape index (κ3) is 1.44. The second-order valence-electron chi connectivity index (χ2n) is 4.28. The first-order valence-corrected chi connectivity index (χ1v) is 5.64. The lowest BCUT2D eigenvalue weighted by Crippen LogP contribution is -2.46. The predicted octanol–water partition coefficient (Wildman–Crippen LogP) is 1.13. The number of hydrogen-bond acceptors (Lipinski definition) is 3. The summed E-state index contributed by atoms with van der Waals surface area (Å²) in [6.07, 6.45) is 2.42. The summed E-state index contributed by atoms with van der Waals surface area (Å²) in [6.45, 7) is 2.88. The fourth-order valence-electron chi connectivity index (χ4n) is 2.58. The van der Waals surface area contributed by atoms with Gasteiger partial charge in [-0.1, -0.05) is 11.6 Å². The standard InChI is InChI=1S/C10H12ClN3O/c11-8-4-9-13-3-1-2-7(5-13)6-14(9)10(15)12-8/h4,7H,1-3,5-6H2. The monoisotopic (exact) mass is 225 g/mol. The maximum absolute atomic E-state index is 11.7. The number of nitrogens with zero attached hydrogens (tertiary/aromatic N) is 3. The van der Waals surface area contributed by atoms with Gasteiger partial charge in [0, 0.05) is 25.7 Å². The molecule has 0 aliphatic carbocycles. The molecule has 0 radical (unpaired) electrons. The zero-order valence-electron chi connectivity index (χ0n) is 8.32. The Balaban J connectivity index is 2.17. The lowest BCUT2D eigenvalue weighted by molar-refractivity contribution is 0.326. The molecule has 0 aromatic carbocycles. The molecule has 1 aromatic rings. The number of hydrogen-bond donors (Lipinski definition) is 0. The van der Waals surface area contributed by atoms with Crippen LogP contribution in [0.15, 0.2) is 10.9 Å². The maximum atomic E-state index is 11.7.